The van der Waals surface area contributed by atoms with E-state index in [-0.39, 0.29) is 35.8 Å². The summed E-state index contributed by atoms with van der Waals surface area (Å²) in [5.74, 6) is -0.561. The summed E-state index contributed by atoms with van der Waals surface area (Å²) >= 11 is 35.8. The van der Waals surface area contributed by atoms with E-state index < -0.39 is 5.82 Å². The van der Waals surface area contributed by atoms with Crippen molar-refractivity contribution >= 4 is 69.6 Å². The standard InChI is InChI=1S/C17H6Cl6FN/c18-10-1-7(2-11(19)15(10)22)9-5-14(24)17(25-6-9)8-3-12(20)16(23)13(21)4-8/h1-6H. The second-order valence-corrected chi connectivity index (χ2v) is 7.45. The quantitative estimate of drug-likeness (QED) is 0.353. The normalized spacial score (nSPS) is 11.0. The SMILES string of the molecule is Fc1cc(-c2cc(Cl)c(Cl)c(Cl)c2)cnc1-c1cc(Cl)c(Cl)c(Cl)c1. The first-order chi connectivity index (χ1) is 11.8. The maximum atomic E-state index is 14.6. The van der Waals surface area contributed by atoms with Crippen LogP contribution < -0.4 is 0 Å². The van der Waals surface area contributed by atoms with E-state index in [0.717, 1.165) is 0 Å². The molecule has 8 heteroatoms. The molecule has 0 fully saturated rings. The van der Waals surface area contributed by atoms with Crippen molar-refractivity contribution in [2.45, 2.75) is 0 Å². The van der Waals surface area contributed by atoms with Crippen molar-refractivity contribution in [3.05, 3.63) is 72.5 Å². The number of rotatable bonds is 2. The molecule has 0 aliphatic heterocycles. The molecule has 0 amide bonds. The molecular formula is C17H6Cl6FN. The van der Waals surface area contributed by atoms with E-state index in [0.29, 0.717) is 16.7 Å². The number of pyridine rings is 1. The molecule has 0 atom stereocenters. The Hall–Kier alpha value is -0.740. The molecule has 1 nitrogen and oxygen atoms in total. The predicted octanol–water partition coefficient (Wildman–Crippen LogP) is 8.48. The van der Waals surface area contributed by atoms with Gasteiger partial charge in [0.05, 0.1) is 30.1 Å². The molecule has 0 radical (unpaired) electrons. The minimum Gasteiger partial charge on any atom is -0.253 e. The highest BCUT2D eigenvalue weighted by molar-refractivity contribution is 6.49. The van der Waals surface area contributed by atoms with Gasteiger partial charge in [0.25, 0.3) is 0 Å². The van der Waals surface area contributed by atoms with Gasteiger partial charge in [0.15, 0.2) is 0 Å². The Morgan fingerprint density at radius 1 is 0.600 bits per heavy atom. The Bertz CT molecular complexity index is 943. The number of nitrogens with zero attached hydrogens (tertiary/aromatic N) is 1. The Balaban J connectivity index is 2.08. The summed E-state index contributed by atoms with van der Waals surface area (Å²) in [5, 5.41) is 1.41. The van der Waals surface area contributed by atoms with E-state index in [1.54, 1.807) is 12.1 Å². The third-order valence-electron chi connectivity index (χ3n) is 3.42. The van der Waals surface area contributed by atoms with Crippen molar-refractivity contribution in [1.82, 2.24) is 4.98 Å². The summed E-state index contributed by atoms with van der Waals surface area (Å²) < 4.78 is 14.6. The average molecular weight is 456 g/mol. The van der Waals surface area contributed by atoms with Gasteiger partial charge in [-0.3, -0.25) is 4.98 Å². The lowest BCUT2D eigenvalue weighted by atomic mass is 10.1. The third kappa shape index (κ3) is 3.85. The van der Waals surface area contributed by atoms with E-state index in [1.807, 2.05) is 0 Å². The van der Waals surface area contributed by atoms with Gasteiger partial charge in [-0.1, -0.05) is 69.6 Å². The van der Waals surface area contributed by atoms with Crippen LogP contribution in [0.3, 0.4) is 0 Å². The van der Waals surface area contributed by atoms with Gasteiger partial charge in [0.2, 0.25) is 0 Å². The number of benzene rings is 2. The molecule has 0 bridgehead atoms. The lowest BCUT2D eigenvalue weighted by molar-refractivity contribution is 0.626. The lowest BCUT2D eigenvalue weighted by Gasteiger charge is -2.09. The van der Waals surface area contributed by atoms with Crippen LogP contribution in [-0.2, 0) is 0 Å². The van der Waals surface area contributed by atoms with Crippen molar-refractivity contribution in [2.75, 3.05) is 0 Å². The van der Waals surface area contributed by atoms with Gasteiger partial charge in [-0.05, 0) is 35.9 Å². The molecule has 0 saturated carbocycles. The maximum absolute atomic E-state index is 14.6. The number of aromatic nitrogens is 1. The van der Waals surface area contributed by atoms with Crippen LogP contribution in [0.5, 0.6) is 0 Å². The van der Waals surface area contributed by atoms with E-state index in [2.05, 4.69) is 4.98 Å². The van der Waals surface area contributed by atoms with Crippen LogP contribution >= 0.6 is 69.6 Å². The number of hydrogen-bond donors (Lipinski definition) is 0. The molecule has 0 unspecified atom stereocenters. The molecule has 0 aliphatic rings. The van der Waals surface area contributed by atoms with Gasteiger partial charge in [-0.15, -0.1) is 0 Å². The Morgan fingerprint density at radius 3 is 1.48 bits per heavy atom. The molecule has 0 aliphatic carbocycles. The minimum atomic E-state index is -0.561. The zero-order valence-electron chi connectivity index (χ0n) is 12.1. The largest absolute Gasteiger partial charge is 0.253 e. The fourth-order valence-electron chi connectivity index (χ4n) is 2.22. The van der Waals surface area contributed by atoms with E-state index in [4.69, 9.17) is 69.6 Å². The van der Waals surface area contributed by atoms with Gasteiger partial charge in [0.1, 0.15) is 11.5 Å². The second kappa shape index (κ2) is 7.48. The van der Waals surface area contributed by atoms with Gasteiger partial charge in [0, 0.05) is 17.3 Å². The smallest absolute Gasteiger partial charge is 0.150 e. The van der Waals surface area contributed by atoms with Crippen LogP contribution in [0.25, 0.3) is 22.4 Å². The highest BCUT2D eigenvalue weighted by Gasteiger charge is 2.14. The maximum Gasteiger partial charge on any atom is 0.150 e. The van der Waals surface area contributed by atoms with Crippen molar-refractivity contribution in [2.24, 2.45) is 0 Å². The Kier molecular flexibility index (Phi) is 5.69. The first-order valence-electron chi connectivity index (χ1n) is 6.73. The van der Waals surface area contributed by atoms with Crippen LogP contribution in [0.4, 0.5) is 4.39 Å². The van der Waals surface area contributed by atoms with E-state index >= 15 is 0 Å². The van der Waals surface area contributed by atoms with Gasteiger partial charge >= 0.3 is 0 Å². The van der Waals surface area contributed by atoms with Crippen LogP contribution in [0.15, 0.2) is 36.5 Å². The second-order valence-electron chi connectivity index (χ2n) is 5.06. The van der Waals surface area contributed by atoms with Crippen molar-refractivity contribution in [3.63, 3.8) is 0 Å². The van der Waals surface area contributed by atoms with Gasteiger partial charge in [-0.2, -0.15) is 0 Å². The Morgan fingerprint density at radius 2 is 1.04 bits per heavy atom. The Labute approximate surface area is 173 Å². The van der Waals surface area contributed by atoms with Gasteiger partial charge < -0.3 is 0 Å². The summed E-state index contributed by atoms with van der Waals surface area (Å²) in [4.78, 5) is 4.16. The summed E-state index contributed by atoms with van der Waals surface area (Å²) in [6, 6.07) is 7.48. The van der Waals surface area contributed by atoms with Crippen LogP contribution in [0.1, 0.15) is 0 Å². The third-order valence-corrected chi connectivity index (χ3v) is 5.81. The van der Waals surface area contributed by atoms with E-state index in [9.17, 15) is 4.39 Å². The van der Waals surface area contributed by atoms with Crippen molar-refractivity contribution < 1.29 is 4.39 Å². The molecule has 25 heavy (non-hydrogen) atoms. The molecule has 3 rings (SSSR count). The average Bonchev–Trinajstić information content (AvgIpc) is 2.56. The van der Waals surface area contributed by atoms with Gasteiger partial charge in [-0.25, -0.2) is 4.39 Å². The first-order valence-corrected chi connectivity index (χ1v) is 9.00. The summed E-state index contributed by atoms with van der Waals surface area (Å²) in [7, 11) is 0. The molecule has 128 valence electrons. The molecule has 0 N–H and O–H groups in total. The number of halogens is 7. The molecular weight excluding hydrogens is 450 g/mol. The molecule has 1 aromatic heterocycles. The molecule has 3 aromatic rings. The first kappa shape index (κ1) is 19.0. The fraction of sp³-hybridized carbons (Fsp3) is 0. The van der Waals surface area contributed by atoms with Crippen LogP contribution in [-0.4, -0.2) is 4.98 Å². The minimum absolute atomic E-state index is 0.0929. The highest BCUT2D eigenvalue weighted by atomic mass is 35.5. The molecule has 1 heterocycles. The van der Waals surface area contributed by atoms with Crippen molar-refractivity contribution in [1.29, 1.82) is 0 Å². The van der Waals surface area contributed by atoms with Crippen molar-refractivity contribution in [3.8, 4) is 22.4 Å². The zero-order chi connectivity index (χ0) is 18.3. The fourth-order valence-corrected chi connectivity index (χ4v) is 3.41. The summed E-state index contributed by atoms with van der Waals surface area (Å²) in [6.45, 7) is 0. The number of hydrogen-bond acceptors (Lipinski definition) is 1. The molecule has 0 saturated heterocycles. The molecule has 0 spiro atoms. The monoisotopic (exact) mass is 453 g/mol. The zero-order valence-corrected chi connectivity index (χ0v) is 16.6. The summed E-state index contributed by atoms with van der Waals surface area (Å²) in [6.07, 6.45) is 1.49. The topological polar surface area (TPSA) is 12.9 Å². The van der Waals surface area contributed by atoms with E-state index in [1.165, 1.54) is 24.4 Å². The highest BCUT2D eigenvalue weighted by Crippen LogP contribution is 2.37. The molecule has 2 aromatic carbocycles. The summed E-state index contributed by atoms with van der Waals surface area (Å²) in [5.41, 5.74) is 1.59. The van der Waals surface area contributed by atoms with Crippen LogP contribution in [0, 0.1) is 5.82 Å². The predicted molar refractivity (Wildman–Crippen MR) is 105 cm³/mol. The van der Waals surface area contributed by atoms with Crippen LogP contribution in [0.2, 0.25) is 30.1 Å². The lowest BCUT2D eigenvalue weighted by Crippen LogP contribution is -1.92.